The Kier molecular flexibility index (Phi) is 6.81. The second kappa shape index (κ2) is 7.35. The molecule has 118 valence electrons. The van der Waals surface area contributed by atoms with Gasteiger partial charge in [-0.05, 0) is 19.8 Å². The number of hydrogen-bond donors (Lipinski definition) is 2. The summed E-state index contributed by atoms with van der Waals surface area (Å²) >= 11 is 0. The highest BCUT2D eigenvalue weighted by Crippen LogP contribution is 2.18. The third kappa shape index (κ3) is 6.12. The zero-order chi connectivity index (χ0) is 16.1. The lowest BCUT2D eigenvalue weighted by Gasteiger charge is -2.30. The molecular formula is C12H21F3N2O3. The van der Waals surface area contributed by atoms with Crippen molar-refractivity contribution in [3.8, 4) is 0 Å². The molecule has 8 heteroatoms. The van der Waals surface area contributed by atoms with Crippen LogP contribution in [0, 0.1) is 5.92 Å². The van der Waals surface area contributed by atoms with Crippen LogP contribution in [0.3, 0.4) is 0 Å². The van der Waals surface area contributed by atoms with Crippen molar-refractivity contribution < 1.29 is 27.9 Å². The van der Waals surface area contributed by atoms with Crippen molar-refractivity contribution in [2.75, 3.05) is 6.54 Å². The summed E-state index contributed by atoms with van der Waals surface area (Å²) in [6.07, 6.45) is -4.05. The number of carboxylic acids is 1. The molecule has 0 aliphatic carbocycles. The van der Waals surface area contributed by atoms with Gasteiger partial charge in [0.2, 0.25) is 0 Å². The second-order valence-corrected chi connectivity index (χ2v) is 4.99. The molecule has 20 heavy (non-hydrogen) atoms. The predicted molar refractivity (Wildman–Crippen MR) is 67.3 cm³/mol. The van der Waals surface area contributed by atoms with E-state index >= 15 is 0 Å². The first kappa shape index (κ1) is 18.5. The number of alkyl halides is 3. The van der Waals surface area contributed by atoms with Crippen molar-refractivity contribution in [3.05, 3.63) is 0 Å². The number of nitrogens with zero attached hydrogens (tertiary/aromatic N) is 1. The van der Waals surface area contributed by atoms with Gasteiger partial charge in [-0.2, -0.15) is 13.2 Å². The maximum atomic E-state index is 12.4. The molecule has 0 aromatic rings. The molecule has 0 aliphatic heterocycles. The summed E-state index contributed by atoms with van der Waals surface area (Å²) in [6.45, 7) is 4.81. The van der Waals surface area contributed by atoms with Gasteiger partial charge in [-0.15, -0.1) is 0 Å². The number of hydrogen-bond acceptors (Lipinski definition) is 2. The average Bonchev–Trinajstić information content (AvgIpc) is 2.29. The monoisotopic (exact) mass is 298 g/mol. The Balaban J connectivity index is 4.94. The van der Waals surface area contributed by atoms with Gasteiger partial charge in [0.25, 0.3) is 0 Å². The van der Waals surface area contributed by atoms with Gasteiger partial charge in [-0.1, -0.05) is 20.3 Å². The number of carbonyl (C=O) groups excluding carboxylic acids is 1. The van der Waals surface area contributed by atoms with Crippen molar-refractivity contribution in [1.29, 1.82) is 0 Å². The summed E-state index contributed by atoms with van der Waals surface area (Å²) in [7, 11) is 0. The summed E-state index contributed by atoms with van der Waals surface area (Å²) in [5.74, 6) is -1.64. The minimum absolute atomic E-state index is 0.378. The molecule has 0 aromatic carbocycles. The lowest BCUT2D eigenvalue weighted by atomic mass is 9.99. The number of carbonyl (C=O) groups is 2. The van der Waals surface area contributed by atoms with E-state index in [1.807, 2.05) is 0 Å². The SMILES string of the molecule is CC[C@H](C)[C@H](NC(=O)N(CC(F)(F)F)C(C)C)C(=O)O. The molecule has 0 radical (unpaired) electrons. The molecule has 2 N–H and O–H groups in total. The zero-order valence-electron chi connectivity index (χ0n) is 12.0. The maximum Gasteiger partial charge on any atom is 0.406 e. The largest absolute Gasteiger partial charge is 0.480 e. The lowest BCUT2D eigenvalue weighted by Crippen LogP contribution is -2.54. The standard InChI is InChI=1S/C12H21F3N2O3/c1-5-8(4)9(10(18)19)16-11(20)17(7(2)3)6-12(13,14)15/h7-9H,5-6H2,1-4H3,(H,16,20)(H,18,19)/t8-,9-/m0/s1. The Morgan fingerprint density at radius 2 is 1.75 bits per heavy atom. The van der Waals surface area contributed by atoms with Gasteiger partial charge >= 0.3 is 18.2 Å². The molecule has 0 heterocycles. The molecule has 0 rings (SSSR count). The molecule has 0 fully saturated rings. The van der Waals surface area contributed by atoms with Gasteiger partial charge in [-0.3, -0.25) is 0 Å². The van der Waals surface area contributed by atoms with Gasteiger partial charge < -0.3 is 15.3 Å². The van der Waals surface area contributed by atoms with Gasteiger partial charge in [0, 0.05) is 6.04 Å². The number of aliphatic carboxylic acids is 1. The Labute approximate surface area is 116 Å². The van der Waals surface area contributed by atoms with E-state index in [9.17, 15) is 22.8 Å². The fraction of sp³-hybridized carbons (Fsp3) is 0.833. The highest BCUT2D eigenvalue weighted by Gasteiger charge is 2.36. The molecule has 2 amide bonds. The van der Waals surface area contributed by atoms with E-state index in [-0.39, 0.29) is 5.92 Å². The van der Waals surface area contributed by atoms with Crippen LogP contribution in [-0.4, -0.2) is 46.8 Å². The predicted octanol–water partition coefficient (Wildman–Crippen LogP) is 2.47. The van der Waals surface area contributed by atoms with E-state index in [0.717, 1.165) is 0 Å². The maximum absolute atomic E-state index is 12.4. The average molecular weight is 298 g/mol. The molecule has 0 saturated carbocycles. The molecule has 0 saturated heterocycles. The lowest BCUT2D eigenvalue weighted by molar-refractivity contribution is -0.143. The molecule has 2 atom stereocenters. The smallest absolute Gasteiger partial charge is 0.406 e. The van der Waals surface area contributed by atoms with Crippen LogP contribution in [0.2, 0.25) is 0 Å². The number of rotatable bonds is 6. The number of carboxylic acid groups (broad SMARTS) is 1. The summed E-state index contributed by atoms with van der Waals surface area (Å²) < 4.78 is 37.2. The first-order valence-electron chi connectivity index (χ1n) is 6.36. The third-order valence-electron chi connectivity index (χ3n) is 2.99. The fourth-order valence-electron chi connectivity index (χ4n) is 1.58. The minimum atomic E-state index is -4.53. The molecule has 0 spiro atoms. The van der Waals surface area contributed by atoms with Crippen molar-refractivity contribution in [2.24, 2.45) is 5.92 Å². The van der Waals surface area contributed by atoms with E-state index in [2.05, 4.69) is 5.32 Å². The number of halogens is 3. The van der Waals surface area contributed by atoms with Crippen LogP contribution in [-0.2, 0) is 4.79 Å². The van der Waals surface area contributed by atoms with Crippen LogP contribution in [0.25, 0.3) is 0 Å². The number of nitrogens with one attached hydrogen (secondary N) is 1. The van der Waals surface area contributed by atoms with Gasteiger partial charge in [0.05, 0.1) is 0 Å². The first-order chi connectivity index (χ1) is 8.99. The number of amides is 2. The molecule has 0 aromatic heterocycles. The van der Waals surface area contributed by atoms with Gasteiger partial charge in [-0.25, -0.2) is 9.59 Å². The molecule has 0 aliphatic rings. The van der Waals surface area contributed by atoms with Crippen molar-refractivity contribution in [1.82, 2.24) is 10.2 Å². The van der Waals surface area contributed by atoms with E-state index in [1.165, 1.54) is 13.8 Å². The first-order valence-corrected chi connectivity index (χ1v) is 6.36. The third-order valence-corrected chi connectivity index (χ3v) is 2.99. The molecule has 0 unspecified atom stereocenters. The fourth-order valence-corrected chi connectivity index (χ4v) is 1.58. The van der Waals surface area contributed by atoms with Crippen LogP contribution >= 0.6 is 0 Å². The zero-order valence-corrected chi connectivity index (χ0v) is 12.0. The second-order valence-electron chi connectivity index (χ2n) is 4.99. The Hall–Kier alpha value is -1.47. The minimum Gasteiger partial charge on any atom is -0.480 e. The van der Waals surface area contributed by atoms with Crippen molar-refractivity contribution in [2.45, 2.75) is 52.4 Å². The highest BCUT2D eigenvalue weighted by molar-refractivity contribution is 5.83. The van der Waals surface area contributed by atoms with E-state index in [0.29, 0.717) is 11.3 Å². The van der Waals surface area contributed by atoms with Gasteiger partial charge in [0.1, 0.15) is 12.6 Å². The molecular weight excluding hydrogens is 277 g/mol. The van der Waals surface area contributed by atoms with Crippen molar-refractivity contribution >= 4 is 12.0 Å². The Morgan fingerprint density at radius 3 is 2.05 bits per heavy atom. The van der Waals surface area contributed by atoms with Gasteiger partial charge in [0.15, 0.2) is 0 Å². The van der Waals surface area contributed by atoms with Crippen LogP contribution in [0.5, 0.6) is 0 Å². The quantitative estimate of drug-likeness (QED) is 0.791. The van der Waals surface area contributed by atoms with E-state index < -0.39 is 36.8 Å². The summed E-state index contributed by atoms with van der Waals surface area (Å²) in [5, 5.41) is 11.2. The van der Waals surface area contributed by atoms with Crippen LogP contribution in [0.4, 0.5) is 18.0 Å². The number of urea groups is 1. The summed E-state index contributed by atoms with van der Waals surface area (Å²) in [4.78, 5) is 23.5. The highest BCUT2D eigenvalue weighted by atomic mass is 19.4. The van der Waals surface area contributed by atoms with Crippen LogP contribution in [0.1, 0.15) is 34.1 Å². The Bertz CT molecular complexity index is 345. The van der Waals surface area contributed by atoms with Crippen molar-refractivity contribution in [3.63, 3.8) is 0 Å². The van der Waals surface area contributed by atoms with E-state index in [4.69, 9.17) is 5.11 Å². The normalized spacial score (nSPS) is 14.8. The summed E-state index contributed by atoms with van der Waals surface area (Å²) in [5.41, 5.74) is 0. The van der Waals surface area contributed by atoms with Crippen LogP contribution < -0.4 is 5.32 Å². The Morgan fingerprint density at radius 1 is 1.25 bits per heavy atom. The molecule has 5 nitrogen and oxygen atoms in total. The van der Waals surface area contributed by atoms with E-state index in [1.54, 1.807) is 13.8 Å². The molecule has 0 bridgehead atoms. The van der Waals surface area contributed by atoms with Crippen LogP contribution in [0.15, 0.2) is 0 Å². The topological polar surface area (TPSA) is 69.6 Å². The summed E-state index contributed by atoms with van der Waals surface area (Å²) in [6, 6.07) is -2.92.